The fraction of sp³-hybridized carbons (Fsp3) is 0.722. The molecule has 0 bridgehead atoms. The first-order chi connectivity index (χ1) is 9.97. The Morgan fingerprint density at radius 2 is 2.10 bits per heavy atom. The van der Waals surface area contributed by atoms with Crippen LogP contribution in [0.25, 0.3) is 0 Å². The van der Waals surface area contributed by atoms with Crippen molar-refractivity contribution in [3.05, 3.63) is 24.0 Å². The number of hydrogen-bond donors (Lipinski definition) is 1. The average molecular weight is 289 g/mol. The highest BCUT2D eigenvalue weighted by atomic mass is 15.2. The van der Waals surface area contributed by atoms with Crippen molar-refractivity contribution < 1.29 is 0 Å². The van der Waals surface area contributed by atoms with Crippen LogP contribution in [-0.2, 0) is 6.54 Å². The van der Waals surface area contributed by atoms with Crippen LogP contribution in [0.3, 0.4) is 0 Å². The highest BCUT2D eigenvalue weighted by molar-refractivity contribution is 5.48. The van der Waals surface area contributed by atoms with Crippen LogP contribution in [-0.4, -0.2) is 24.1 Å². The van der Waals surface area contributed by atoms with E-state index in [2.05, 4.69) is 62.0 Å². The molecule has 1 fully saturated rings. The summed E-state index contributed by atoms with van der Waals surface area (Å²) in [4.78, 5) is 7.07. The monoisotopic (exact) mass is 289 g/mol. The second-order valence-electron chi connectivity index (χ2n) is 7.24. The standard InChI is InChI=1S/C18H31N3/c1-13(2)10-19-11-17-9-18(6-7-20-17)21-12-14(3)8-15(4)16(21)5/h6-7,9,13-16,19H,8,10-12H2,1-5H3. The highest BCUT2D eigenvalue weighted by Gasteiger charge is 2.28. The van der Waals surface area contributed by atoms with Gasteiger partial charge in [0.25, 0.3) is 0 Å². The molecular formula is C18H31N3. The summed E-state index contributed by atoms with van der Waals surface area (Å²) in [5, 5.41) is 3.48. The molecule has 2 rings (SSSR count). The van der Waals surface area contributed by atoms with Gasteiger partial charge in [-0.05, 0) is 49.8 Å². The quantitative estimate of drug-likeness (QED) is 0.896. The van der Waals surface area contributed by atoms with E-state index >= 15 is 0 Å². The molecule has 1 aliphatic rings. The summed E-state index contributed by atoms with van der Waals surface area (Å²) in [5.74, 6) is 2.20. The lowest BCUT2D eigenvalue weighted by molar-refractivity contribution is 0.297. The first kappa shape index (κ1) is 16.3. The first-order valence-electron chi connectivity index (χ1n) is 8.39. The lowest BCUT2D eigenvalue weighted by atomic mass is 9.85. The van der Waals surface area contributed by atoms with Crippen LogP contribution < -0.4 is 10.2 Å². The van der Waals surface area contributed by atoms with Crippen LogP contribution in [0.5, 0.6) is 0 Å². The van der Waals surface area contributed by atoms with Crippen molar-refractivity contribution in [2.45, 2.75) is 53.6 Å². The van der Waals surface area contributed by atoms with E-state index in [9.17, 15) is 0 Å². The molecule has 1 aromatic heterocycles. The molecule has 0 radical (unpaired) electrons. The van der Waals surface area contributed by atoms with E-state index in [1.807, 2.05) is 6.20 Å². The molecule has 3 unspecified atom stereocenters. The van der Waals surface area contributed by atoms with Gasteiger partial charge in [0.15, 0.2) is 0 Å². The predicted octanol–water partition coefficient (Wildman–Crippen LogP) is 3.70. The van der Waals surface area contributed by atoms with Crippen LogP contribution in [0, 0.1) is 17.8 Å². The Hall–Kier alpha value is -1.09. The Balaban J connectivity index is 2.05. The largest absolute Gasteiger partial charge is 0.368 e. The van der Waals surface area contributed by atoms with E-state index in [1.165, 1.54) is 12.1 Å². The molecule has 0 saturated carbocycles. The molecule has 2 heterocycles. The fourth-order valence-electron chi connectivity index (χ4n) is 3.29. The number of nitrogens with one attached hydrogen (secondary N) is 1. The normalized spacial score (nSPS) is 26.4. The molecule has 0 aromatic carbocycles. The Morgan fingerprint density at radius 1 is 1.33 bits per heavy atom. The van der Waals surface area contributed by atoms with Crippen molar-refractivity contribution in [2.75, 3.05) is 18.0 Å². The maximum atomic E-state index is 4.51. The smallest absolute Gasteiger partial charge is 0.0562 e. The third-order valence-corrected chi connectivity index (χ3v) is 4.59. The van der Waals surface area contributed by atoms with Crippen LogP contribution in [0.4, 0.5) is 5.69 Å². The first-order valence-corrected chi connectivity index (χ1v) is 8.39. The van der Waals surface area contributed by atoms with Crippen molar-refractivity contribution in [3.63, 3.8) is 0 Å². The van der Waals surface area contributed by atoms with Gasteiger partial charge in [0.2, 0.25) is 0 Å². The Bertz CT molecular complexity index is 444. The minimum atomic E-state index is 0.611. The second-order valence-corrected chi connectivity index (χ2v) is 7.24. The number of anilines is 1. The molecule has 0 spiro atoms. The van der Waals surface area contributed by atoms with Crippen molar-refractivity contribution in [1.29, 1.82) is 0 Å². The van der Waals surface area contributed by atoms with Crippen molar-refractivity contribution in [3.8, 4) is 0 Å². The van der Waals surface area contributed by atoms with Gasteiger partial charge in [-0.3, -0.25) is 4.98 Å². The molecule has 1 aliphatic heterocycles. The molecule has 3 atom stereocenters. The van der Waals surface area contributed by atoms with Gasteiger partial charge in [-0.15, -0.1) is 0 Å². The number of rotatable bonds is 5. The van der Waals surface area contributed by atoms with E-state index in [1.54, 1.807) is 0 Å². The Labute approximate surface area is 130 Å². The highest BCUT2D eigenvalue weighted by Crippen LogP contribution is 2.31. The Morgan fingerprint density at radius 3 is 2.81 bits per heavy atom. The maximum absolute atomic E-state index is 4.51. The zero-order valence-electron chi connectivity index (χ0n) is 14.3. The van der Waals surface area contributed by atoms with Gasteiger partial charge in [-0.1, -0.05) is 27.7 Å². The number of hydrogen-bond acceptors (Lipinski definition) is 3. The minimum Gasteiger partial charge on any atom is -0.368 e. The van der Waals surface area contributed by atoms with Crippen molar-refractivity contribution in [1.82, 2.24) is 10.3 Å². The number of nitrogens with zero attached hydrogens (tertiary/aromatic N) is 2. The van der Waals surface area contributed by atoms with Gasteiger partial charge < -0.3 is 10.2 Å². The lowest BCUT2D eigenvalue weighted by Crippen LogP contribution is -2.45. The predicted molar refractivity (Wildman–Crippen MR) is 90.5 cm³/mol. The molecule has 0 aliphatic carbocycles. The summed E-state index contributed by atoms with van der Waals surface area (Å²) in [7, 11) is 0. The molecule has 3 nitrogen and oxygen atoms in total. The van der Waals surface area contributed by atoms with Crippen LogP contribution in [0.1, 0.15) is 46.7 Å². The van der Waals surface area contributed by atoms with E-state index in [-0.39, 0.29) is 0 Å². The van der Waals surface area contributed by atoms with Crippen LogP contribution in [0.2, 0.25) is 0 Å². The van der Waals surface area contributed by atoms with Crippen LogP contribution in [0.15, 0.2) is 18.3 Å². The number of aromatic nitrogens is 1. The van der Waals surface area contributed by atoms with Gasteiger partial charge >= 0.3 is 0 Å². The van der Waals surface area contributed by atoms with E-state index in [0.29, 0.717) is 12.0 Å². The zero-order valence-corrected chi connectivity index (χ0v) is 14.3. The van der Waals surface area contributed by atoms with Gasteiger partial charge in [0.05, 0.1) is 5.69 Å². The molecule has 1 saturated heterocycles. The van der Waals surface area contributed by atoms with Gasteiger partial charge in [-0.2, -0.15) is 0 Å². The molecular weight excluding hydrogens is 258 g/mol. The maximum Gasteiger partial charge on any atom is 0.0562 e. The Kier molecular flexibility index (Phi) is 5.63. The summed E-state index contributed by atoms with van der Waals surface area (Å²) in [6.07, 6.45) is 3.30. The molecule has 1 N–H and O–H groups in total. The van der Waals surface area contributed by atoms with Crippen LogP contribution >= 0.6 is 0 Å². The van der Waals surface area contributed by atoms with E-state index in [0.717, 1.165) is 37.2 Å². The summed E-state index contributed by atoms with van der Waals surface area (Å²) >= 11 is 0. The summed E-state index contributed by atoms with van der Waals surface area (Å²) < 4.78 is 0. The van der Waals surface area contributed by atoms with Crippen molar-refractivity contribution >= 4 is 5.69 Å². The molecule has 1 aromatic rings. The van der Waals surface area contributed by atoms with Gasteiger partial charge in [0, 0.05) is 31.0 Å². The van der Waals surface area contributed by atoms with Gasteiger partial charge in [0.1, 0.15) is 0 Å². The summed E-state index contributed by atoms with van der Waals surface area (Å²) in [6.45, 7) is 14.6. The molecule has 21 heavy (non-hydrogen) atoms. The fourth-order valence-corrected chi connectivity index (χ4v) is 3.29. The summed E-state index contributed by atoms with van der Waals surface area (Å²) in [6, 6.07) is 5.03. The van der Waals surface area contributed by atoms with Gasteiger partial charge in [-0.25, -0.2) is 0 Å². The van der Waals surface area contributed by atoms with Crippen molar-refractivity contribution in [2.24, 2.45) is 17.8 Å². The molecule has 118 valence electrons. The summed E-state index contributed by atoms with van der Waals surface area (Å²) in [5.41, 5.74) is 2.48. The lowest BCUT2D eigenvalue weighted by Gasteiger charge is -2.42. The van der Waals surface area contributed by atoms with E-state index in [4.69, 9.17) is 0 Å². The third-order valence-electron chi connectivity index (χ3n) is 4.59. The number of piperidine rings is 1. The zero-order chi connectivity index (χ0) is 15.4. The molecule has 3 heteroatoms. The molecule has 0 amide bonds. The average Bonchev–Trinajstić information content (AvgIpc) is 2.43. The number of pyridine rings is 1. The SMILES string of the molecule is CC(C)CNCc1cc(N2CC(C)CC(C)C2C)ccn1. The second kappa shape index (κ2) is 7.26. The third kappa shape index (κ3) is 4.44. The van der Waals surface area contributed by atoms with E-state index < -0.39 is 0 Å². The topological polar surface area (TPSA) is 28.2 Å². The minimum absolute atomic E-state index is 0.611.